The lowest BCUT2D eigenvalue weighted by molar-refractivity contribution is -0.107. The molecule has 0 saturated heterocycles. The molecule has 0 aliphatic rings. The minimum absolute atomic E-state index is 0.570. The van der Waals surface area contributed by atoms with Gasteiger partial charge in [0.15, 0.2) is 0 Å². The second kappa shape index (κ2) is 4.71. The first-order chi connectivity index (χ1) is 8.20. The molecule has 2 aromatic rings. The first-order valence-corrected chi connectivity index (χ1v) is 5.21. The number of aromatic amines is 1. The summed E-state index contributed by atoms with van der Waals surface area (Å²) in [6.07, 6.45) is 2.43. The van der Waals surface area contributed by atoms with Crippen molar-refractivity contribution in [1.29, 1.82) is 0 Å². The maximum absolute atomic E-state index is 10.6. The number of hydrogen-bond acceptors (Lipinski definition) is 3. The number of rotatable bonds is 4. The zero-order valence-electron chi connectivity index (χ0n) is 9.47. The van der Waals surface area contributed by atoms with Crippen LogP contribution in [0.3, 0.4) is 0 Å². The van der Waals surface area contributed by atoms with Crippen LogP contribution in [0.2, 0.25) is 0 Å². The number of aryl methyl sites for hydroxylation is 1. The molecule has 0 bridgehead atoms. The van der Waals surface area contributed by atoms with Crippen molar-refractivity contribution in [2.75, 3.05) is 10.3 Å². The molecule has 4 N–H and O–H groups in total. The summed E-state index contributed by atoms with van der Waals surface area (Å²) >= 11 is 0. The van der Waals surface area contributed by atoms with E-state index in [4.69, 9.17) is 5.84 Å². The van der Waals surface area contributed by atoms with Gasteiger partial charge in [0.25, 0.3) is 0 Å². The van der Waals surface area contributed by atoms with E-state index in [-0.39, 0.29) is 0 Å². The number of anilines is 3. The van der Waals surface area contributed by atoms with Crippen molar-refractivity contribution in [3.8, 4) is 0 Å². The van der Waals surface area contributed by atoms with E-state index in [1.54, 1.807) is 12.1 Å². The Morgan fingerprint density at radius 1 is 1.41 bits per heavy atom. The fourth-order valence-electron chi connectivity index (χ4n) is 1.55. The van der Waals surface area contributed by atoms with Crippen molar-refractivity contribution >= 4 is 23.5 Å². The van der Waals surface area contributed by atoms with E-state index in [0.717, 1.165) is 22.1 Å². The monoisotopic (exact) mass is 230 g/mol. The van der Waals surface area contributed by atoms with Crippen molar-refractivity contribution in [2.45, 2.75) is 6.92 Å². The largest absolute Gasteiger partial charge is 0.363 e. The third-order valence-electron chi connectivity index (χ3n) is 2.49. The third kappa shape index (κ3) is 2.46. The predicted octanol–water partition coefficient (Wildman–Crippen LogP) is 1.90. The minimum atomic E-state index is 0.570. The number of nitrogens with zero attached hydrogens (tertiary/aromatic N) is 1. The van der Waals surface area contributed by atoms with Gasteiger partial charge in [-0.3, -0.25) is 9.80 Å². The van der Waals surface area contributed by atoms with Crippen molar-refractivity contribution in [1.82, 2.24) is 4.98 Å². The Morgan fingerprint density at radius 3 is 2.88 bits per heavy atom. The third-order valence-corrected chi connectivity index (χ3v) is 2.49. The van der Waals surface area contributed by atoms with Crippen LogP contribution in [0.5, 0.6) is 0 Å². The average Bonchev–Trinajstić information content (AvgIpc) is 2.74. The number of aromatic nitrogens is 1. The molecule has 0 aliphatic carbocycles. The summed E-state index contributed by atoms with van der Waals surface area (Å²) in [6.45, 7) is 1.98. The highest BCUT2D eigenvalue weighted by Crippen LogP contribution is 2.22. The van der Waals surface area contributed by atoms with Gasteiger partial charge in [0, 0.05) is 17.6 Å². The number of nitrogens with one attached hydrogen (secondary N) is 2. The normalized spacial score (nSPS) is 10.0. The number of hydrazine groups is 1. The molecule has 5 nitrogen and oxygen atoms in total. The van der Waals surface area contributed by atoms with Crippen LogP contribution < -0.4 is 16.2 Å². The Morgan fingerprint density at radius 2 is 2.24 bits per heavy atom. The molecule has 1 amide bonds. The molecule has 0 fully saturated rings. The Labute approximate surface area is 99.2 Å². The molecule has 1 heterocycles. The molecular weight excluding hydrogens is 216 g/mol. The van der Waals surface area contributed by atoms with Crippen LogP contribution in [0, 0.1) is 6.92 Å². The molecule has 17 heavy (non-hydrogen) atoms. The van der Waals surface area contributed by atoms with E-state index in [1.807, 2.05) is 31.3 Å². The molecule has 0 radical (unpaired) electrons. The SMILES string of the molecule is Cc1[nH]ccc1Nc1cccc(N(N)C=O)c1. The van der Waals surface area contributed by atoms with Crippen molar-refractivity contribution < 1.29 is 4.79 Å². The van der Waals surface area contributed by atoms with Crippen molar-refractivity contribution in [3.63, 3.8) is 0 Å². The Hall–Kier alpha value is -2.27. The van der Waals surface area contributed by atoms with Crippen molar-refractivity contribution in [2.24, 2.45) is 5.84 Å². The molecule has 1 aromatic carbocycles. The summed E-state index contributed by atoms with van der Waals surface area (Å²) in [5, 5.41) is 4.28. The highest BCUT2D eigenvalue weighted by Gasteiger charge is 2.03. The molecule has 0 saturated carbocycles. The Bertz CT molecular complexity index is 521. The number of amides is 1. The molecule has 88 valence electrons. The molecule has 0 aliphatic heterocycles. The predicted molar refractivity (Wildman–Crippen MR) is 68.0 cm³/mol. The fraction of sp³-hybridized carbons (Fsp3) is 0.0833. The number of benzene rings is 1. The maximum Gasteiger partial charge on any atom is 0.228 e. The van der Waals surface area contributed by atoms with Gasteiger partial charge in [-0.05, 0) is 31.2 Å². The van der Waals surface area contributed by atoms with Crippen LogP contribution in [0.4, 0.5) is 17.1 Å². The number of carbonyl (C=O) groups excluding carboxylic acids is 1. The summed E-state index contributed by atoms with van der Waals surface area (Å²) in [6, 6.07) is 9.27. The number of nitrogens with two attached hydrogens (primary N) is 1. The molecule has 0 spiro atoms. The van der Waals surface area contributed by atoms with E-state index in [2.05, 4.69) is 10.3 Å². The summed E-state index contributed by atoms with van der Waals surface area (Å²) in [5.41, 5.74) is 3.56. The topological polar surface area (TPSA) is 74.2 Å². The van der Waals surface area contributed by atoms with E-state index in [0.29, 0.717) is 12.1 Å². The van der Waals surface area contributed by atoms with Crippen LogP contribution in [-0.4, -0.2) is 11.4 Å². The van der Waals surface area contributed by atoms with E-state index in [1.165, 1.54) is 0 Å². The molecule has 0 unspecified atom stereocenters. The second-order valence-electron chi connectivity index (χ2n) is 3.70. The van der Waals surface area contributed by atoms with Gasteiger partial charge < -0.3 is 10.3 Å². The van der Waals surface area contributed by atoms with Gasteiger partial charge in [-0.2, -0.15) is 0 Å². The van der Waals surface area contributed by atoms with Gasteiger partial charge in [-0.25, -0.2) is 5.84 Å². The zero-order valence-corrected chi connectivity index (χ0v) is 9.47. The lowest BCUT2D eigenvalue weighted by atomic mass is 10.2. The van der Waals surface area contributed by atoms with E-state index < -0.39 is 0 Å². The van der Waals surface area contributed by atoms with Gasteiger partial charge >= 0.3 is 0 Å². The summed E-state index contributed by atoms with van der Waals surface area (Å²) in [4.78, 5) is 13.6. The Kier molecular flexibility index (Phi) is 3.11. The standard InChI is InChI=1S/C12H14N4O/c1-9-12(5-6-14-9)15-10-3-2-4-11(7-10)16(13)8-17/h2-8,14-15H,13H2,1H3. The van der Waals surface area contributed by atoms with Gasteiger partial charge in [0.1, 0.15) is 0 Å². The van der Waals surface area contributed by atoms with E-state index in [9.17, 15) is 4.79 Å². The molecule has 0 atom stereocenters. The number of carbonyl (C=O) groups is 1. The fourth-order valence-corrected chi connectivity index (χ4v) is 1.55. The van der Waals surface area contributed by atoms with Crippen LogP contribution in [0.15, 0.2) is 36.5 Å². The summed E-state index contributed by atoms with van der Waals surface area (Å²) in [5.74, 6) is 5.50. The summed E-state index contributed by atoms with van der Waals surface area (Å²) < 4.78 is 0. The first-order valence-electron chi connectivity index (χ1n) is 5.21. The quantitative estimate of drug-likeness (QED) is 0.325. The number of hydrogen-bond donors (Lipinski definition) is 3. The van der Waals surface area contributed by atoms with Crippen LogP contribution >= 0.6 is 0 Å². The second-order valence-corrected chi connectivity index (χ2v) is 3.70. The van der Waals surface area contributed by atoms with Crippen molar-refractivity contribution in [3.05, 3.63) is 42.2 Å². The number of H-pyrrole nitrogens is 1. The van der Waals surface area contributed by atoms with Crippen LogP contribution in [0.25, 0.3) is 0 Å². The van der Waals surface area contributed by atoms with Gasteiger partial charge in [0.2, 0.25) is 6.41 Å². The molecule has 5 heteroatoms. The molecule has 1 aromatic heterocycles. The van der Waals surface area contributed by atoms with Crippen LogP contribution in [-0.2, 0) is 4.79 Å². The van der Waals surface area contributed by atoms with Crippen LogP contribution in [0.1, 0.15) is 5.69 Å². The highest BCUT2D eigenvalue weighted by atomic mass is 16.1. The maximum atomic E-state index is 10.6. The lowest BCUT2D eigenvalue weighted by Crippen LogP contribution is -2.28. The van der Waals surface area contributed by atoms with Gasteiger partial charge in [-0.15, -0.1) is 0 Å². The smallest absolute Gasteiger partial charge is 0.228 e. The first kappa shape index (κ1) is 11.2. The Balaban J connectivity index is 2.22. The van der Waals surface area contributed by atoms with Gasteiger partial charge in [-0.1, -0.05) is 6.07 Å². The average molecular weight is 230 g/mol. The summed E-state index contributed by atoms with van der Waals surface area (Å²) in [7, 11) is 0. The minimum Gasteiger partial charge on any atom is -0.363 e. The zero-order chi connectivity index (χ0) is 12.3. The van der Waals surface area contributed by atoms with E-state index >= 15 is 0 Å². The lowest BCUT2D eigenvalue weighted by Gasteiger charge is -2.12. The highest BCUT2D eigenvalue weighted by molar-refractivity contribution is 5.76. The molecular formula is C12H14N4O. The molecule has 2 rings (SSSR count). The van der Waals surface area contributed by atoms with Gasteiger partial charge in [0.05, 0.1) is 11.4 Å².